The molecule has 2 unspecified atom stereocenters. The summed E-state index contributed by atoms with van der Waals surface area (Å²) in [5.74, 6) is 2.64. The van der Waals surface area contributed by atoms with Gasteiger partial charge < -0.3 is 9.84 Å². The molecule has 5 heteroatoms. The molecule has 2 fully saturated rings. The summed E-state index contributed by atoms with van der Waals surface area (Å²) in [5.41, 5.74) is 0.900. The highest BCUT2D eigenvalue weighted by Gasteiger charge is 2.41. The van der Waals surface area contributed by atoms with Crippen LogP contribution in [0.2, 0.25) is 0 Å². The Hall–Kier alpha value is -0.650. The molecule has 0 radical (unpaired) electrons. The topological polar surface area (TPSA) is 55.2 Å². The van der Waals surface area contributed by atoms with Crippen LogP contribution in [0.5, 0.6) is 0 Å². The minimum absolute atomic E-state index is 0.0234. The molecule has 1 aromatic rings. The number of aliphatic hydroxyl groups is 1. The van der Waals surface area contributed by atoms with Crippen molar-refractivity contribution < 1.29 is 9.84 Å². The van der Waals surface area contributed by atoms with E-state index in [9.17, 15) is 5.11 Å². The quantitative estimate of drug-likeness (QED) is 0.900. The Balaban J connectivity index is 1.71. The van der Waals surface area contributed by atoms with E-state index in [0.29, 0.717) is 0 Å². The second kappa shape index (κ2) is 5.77. The molecule has 2 atom stereocenters. The van der Waals surface area contributed by atoms with E-state index in [2.05, 4.69) is 10.2 Å². The summed E-state index contributed by atoms with van der Waals surface area (Å²) in [6.07, 6.45) is 7.01. The molecular weight excluding hydrogens is 260 g/mol. The largest absolute Gasteiger partial charge is 0.388 e. The maximum absolute atomic E-state index is 10.5. The van der Waals surface area contributed by atoms with Crippen LogP contribution in [0, 0.1) is 5.92 Å². The summed E-state index contributed by atoms with van der Waals surface area (Å²) in [4.78, 5) is 0. The van der Waals surface area contributed by atoms with Gasteiger partial charge in [0.15, 0.2) is 0 Å². The SMILES string of the molecule is OC(c1ccnnc1)C1CCOC2(CCSCC2)C1. The second-order valence-corrected chi connectivity index (χ2v) is 6.74. The van der Waals surface area contributed by atoms with Crippen LogP contribution in [0.1, 0.15) is 37.4 Å². The molecule has 104 valence electrons. The van der Waals surface area contributed by atoms with Gasteiger partial charge >= 0.3 is 0 Å². The van der Waals surface area contributed by atoms with E-state index in [1.807, 2.05) is 17.8 Å². The van der Waals surface area contributed by atoms with Gasteiger partial charge in [-0.25, -0.2) is 0 Å². The third-order valence-corrected chi connectivity index (χ3v) is 5.32. The lowest BCUT2D eigenvalue weighted by molar-refractivity contribution is -0.121. The number of hydrogen-bond donors (Lipinski definition) is 1. The molecule has 0 aliphatic carbocycles. The number of aliphatic hydroxyl groups excluding tert-OH is 1. The van der Waals surface area contributed by atoms with Gasteiger partial charge in [-0.3, -0.25) is 0 Å². The molecule has 0 aromatic carbocycles. The fraction of sp³-hybridized carbons (Fsp3) is 0.714. The Bertz CT molecular complexity index is 404. The molecule has 2 aliphatic rings. The van der Waals surface area contributed by atoms with Crippen LogP contribution in [-0.2, 0) is 4.74 Å². The van der Waals surface area contributed by atoms with Crippen molar-refractivity contribution >= 4 is 11.8 Å². The number of ether oxygens (including phenoxy) is 1. The molecule has 0 bridgehead atoms. The Morgan fingerprint density at radius 2 is 2.21 bits per heavy atom. The Kier molecular flexibility index (Phi) is 4.05. The van der Waals surface area contributed by atoms with Crippen molar-refractivity contribution in [1.29, 1.82) is 0 Å². The molecule has 2 aliphatic heterocycles. The van der Waals surface area contributed by atoms with Gasteiger partial charge in [0.1, 0.15) is 0 Å². The lowest BCUT2D eigenvalue weighted by atomic mass is 9.78. The lowest BCUT2D eigenvalue weighted by Crippen LogP contribution is -2.44. The first-order chi connectivity index (χ1) is 9.29. The fourth-order valence-electron chi connectivity index (χ4n) is 3.18. The molecule has 2 saturated heterocycles. The van der Waals surface area contributed by atoms with Gasteiger partial charge in [-0.05, 0) is 49.2 Å². The van der Waals surface area contributed by atoms with Crippen LogP contribution in [-0.4, -0.2) is 39.0 Å². The third-order valence-electron chi connectivity index (χ3n) is 4.33. The second-order valence-electron chi connectivity index (χ2n) is 5.52. The third kappa shape index (κ3) is 2.93. The average molecular weight is 280 g/mol. The van der Waals surface area contributed by atoms with Crippen molar-refractivity contribution in [3.63, 3.8) is 0 Å². The molecule has 1 aromatic heterocycles. The van der Waals surface area contributed by atoms with Gasteiger partial charge in [0, 0.05) is 18.4 Å². The fourth-order valence-corrected chi connectivity index (χ4v) is 4.41. The number of thioether (sulfide) groups is 1. The standard InChI is InChI=1S/C14H20N2O2S/c17-13(12-1-5-15-16-10-12)11-2-6-18-14(9-11)3-7-19-8-4-14/h1,5,10-11,13,17H,2-4,6-9H2. The maximum Gasteiger partial charge on any atom is 0.0836 e. The van der Waals surface area contributed by atoms with E-state index in [4.69, 9.17) is 4.74 Å². The summed E-state index contributed by atoms with van der Waals surface area (Å²) < 4.78 is 6.07. The van der Waals surface area contributed by atoms with E-state index in [-0.39, 0.29) is 11.5 Å². The summed E-state index contributed by atoms with van der Waals surface area (Å²) in [7, 11) is 0. The molecule has 19 heavy (non-hydrogen) atoms. The average Bonchev–Trinajstić information content (AvgIpc) is 2.48. The van der Waals surface area contributed by atoms with Crippen LogP contribution in [0.3, 0.4) is 0 Å². The molecule has 3 rings (SSSR count). The number of nitrogens with zero attached hydrogens (tertiary/aromatic N) is 2. The predicted octanol–water partition coefficient (Wildman–Crippen LogP) is 2.20. The molecule has 1 N–H and O–H groups in total. The smallest absolute Gasteiger partial charge is 0.0836 e. The van der Waals surface area contributed by atoms with Gasteiger partial charge in [-0.15, -0.1) is 0 Å². The van der Waals surface area contributed by atoms with Crippen LogP contribution >= 0.6 is 11.8 Å². The van der Waals surface area contributed by atoms with Crippen LogP contribution < -0.4 is 0 Å². The van der Waals surface area contributed by atoms with Crippen molar-refractivity contribution in [2.24, 2.45) is 5.92 Å². The van der Waals surface area contributed by atoms with Gasteiger partial charge in [0.2, 0.25) is 0 Å². The zero-order valence-corrected chi connectivity index (χ0v) is 11.8. The van der Waals surface area contributed by atoms with E-state index >= 15 is 0 Å². The van der Waals surface area contributed by atoms with Crippen LogP contribution in [0.25, 0.3) is 0 Å². The summed E-state index contributed by atoms with van der Waals surface area (Å²) >= 11 is 2.01. The van der Waals surface area contributed by atoms with Gasteiger partial charge in [0.25, 0.3) is 0 Å². The number of hydrogen-bond acceptors (Lipinski definition) is 5. The van der Waals surface area contributed by atoms with Gasteiger partial charge in [-0.2, -0.15) is 22.0 Å². The first kappa shape index (κ1) is 13.3. The molecule has 3 heterocycles. The van der Waals surface area contributed by atoms with Crippen molar-refractivity contribution in [2.45, 2.75) is 37.4 Å². The Labute approximate surface area is 118 Å². The van der Waals surface area contributed by atoms with Crippen LogP contribution in [0.4, 0.5) is 0 Å². The monoisotopic (exact) mass is 280 g/mol. The minimum Gasteiger partial charge on any atom is -0.388 e. The first-order valence-electron chi connectivity index (χ1n) is 6.95. The van der Waals surface area contributed by atoms with E-state index in [1.165, 1.54) is 11.5 Å². The van der Waals surface area contributed by atoms with Gasteiger partial charge in [0.05, 0.1) is 17.9 Å². The highest BCUT2D eigenvalue weighted by atomic mass is 32.2. The molecule has 4 nitrogen and oxygen atoms in total. The van der Waals surface area contributed by atoms with Crippen molar-refractivity contribution in [3.05, 3.63) is 24.0 Å². The lowest BCUT2D eigenvalue weighted by Gasteiger charge is -2.44. The summed E-state index contributed by atoms with van der Waals surface area (Å²) in [6, 6.07) is 1.86. The number of aromatic nitrogens is 2. The zero-order chi connectivity index (χ0) is 13.1. The Morgan fingerprint density at radius 3 is 2.95 bits per heavy atom. The van der Waals surface area contributed by atoms with E-state index in [1.54, 1.807) is 12.4 Å². The molecule has 0 amide bonds. The van der Waals surface area contributed by atoms with Crippen molar-refractivity contribution in [2.75, 3.05) is 18.1 Å². The highest BCUT2D eigenvalue weighted by Crippen LogP contribution is 2.43. The summed E-state index contributed by atoms with van der Waals surface area (Å²) in [5, 5.41) is 18.2. The maximum atomic E-state index is 10.5. The van der Waals surface area contributed by atoms with E-state index in [0.717, 1.165) is 37.9 Å². The first-order valence-corrected chi connectivity index (χ1v) is 8.11. The van der Waals surface area contributed by atoms with Gasteiger partial charge in [-0.1, -0.05) is 0 Å². The Morgan fingerprint density at radius 1 is 1.37 bits per heavy atom. The normalized spacial score (nSPS) is 28.2. The van der Waals surface area contributed by atoms with Crippen LogP contribution in [0.15, 0.2) is 18.5 Å². The number of rotatable bonds is 2. The highest BCUT2D eigenvalue weighted by molar-refractivity contribution is 7.99. The van der Waals surface area contributed by atoms with Crippen molar-refractivity contribution in [3.8, 4) is 0 Å². The zero-order valence-electron chi connectivity index (χ0n) is 11.0. The minimum atomic E-state index is -0.439. The molecule has 0 saturated carbocycles. The molecule has 1 spiro atoms. The van der Waals surface area contributed by atoms with E-state index < -0.39 is 6.10 Å². The van der Waals surface area contributed by atoms with Crippen molar-refractivity contribution in [1.82, 2.24) is 10.2 Å². The predicted molar refractivity (Wildman–Crippen MR) is 75.0 cm³/mol. The molecular formula is C14H20N2O2S. The summed E-state index contributed by atoms with van der Waals surface area (Å²) in [6.45, 7) is 0.769.